The minimum Gasteiger partial charge on any atom is -0.462 e. The first kappa shape index (κ1) is 50.4. The molecule has 0 amide bonds. The maximum absolute atomic E-state index is 12.7. The Morgan fingerprint density at radius 3 is 1.00 bits per heavy atom. The number of rotatable bonds is 41. The minimum atomic E-state index is -0.757. The van der Waals surface area contributed by atoms with Gasteiger partial charge in [0.2, 0.25) is 0 Å². The van der Waals surface area contributed by atoms with Crippen molar-refractivity contribution < 1.29 is 28.6 Å². The lowest BCUT2D eigenvalue weighted by Crippen LogP contribution is -2.30. The molecule has 0 aromatic carbocycles. The van der Waals surface area contributed by atoms with E-state index in [1.807, 2.05) is 0 Å². The molecule has 0 rings (SSSR count). The lowest BCUT2D eigenvalue weighted by atomic mass is 9.99. The van der Waals surface area contributed by atoms with E-state index < -0.39 is 6.10 Å². The predicted molar refractivity (Wildman–Crippen MR) is 220 cm³/mol. The molecule has 0 aromatic rings. The molecule has 6 heteroatoms. The molecule has 52 heavy (non-hydrogen) atoms. The summed E-state index contributed by atoms with van der Waals surface area (Å²) in [6.45, 7) is 8.98. The van der Waals surface area contributed by atoms with Gasteiger partial charge < -0.3 is 14.2 Å². The van der Waals surface area contributed by atoms with Crippen LogP contribution in [0.5, 0.6) is 0 Å². The van der Waals surface area contributed by atoms with Gasteiger partial charge in [0.05, 0.1) is 0 Å². The molecule has 0 aliphatic carbocycles. The van der Waals surface area contributed by atoms with E-state index >= 15 is 0 Å². The molecule has 0 saturated carbocycles. The summed E-state index contributed by atoms with van der Waals surface area (Å²) in [4.78, 5) is 37.5. The van der Waals surface area contributed by atoms with Crippen molar-refractivity contribution in [1.82, 2.24) is 0 Å². The standard InChI is InChI=1S/C46H88O6/c1-5-8-10-12-14-21-26-30-34-38-45(48)51-41-43(40-50-44(47)37-33-29-24-13-11-9-6-2)52-46(49)39-35-31-27-23-20-18-16-15-17-19-22-25-28-32-36-42(4)7-3/h42-43H,5-41H2,1-4H3/t42?,43-/m1/s1. The summed E-state index contributed by atoms with van der Waals surface area (Å²) in [5.41, 5.74) is 0. The van der Waals surface area contributed by atoms with E-state index in [0.29, 0.717) is 19.3 Å². The highest BCUT2D eigenvalue weighted by Crippen LogP contribution is 2.17. The SMILES string of the molecule is CCCCCCCCCCCC(=O)OC[C@@H](COC(=O)CCCCCCCCC)OC(=O)CCCCCCCCCCCCCCCCC(C)CC. The van der Waals surface area contributed by atoms with Crippen molar-refractivity contribution in [2.45, 2.75) is 259 Å². The molecule has 6 nitrogen and oxygen atoms in total. The van der Waals surface area contributed by atoms with Crippen LogP contribution in [0, 0.1) is 5.92 Å². The molecule has 0 spiro atoms. The van der Waals surface area contributed by atoms with E-state index in [4.69, 9.17) is 14.2 Å². The molecule has 0 radical (unpaired) electrons. The van der Waals surface area contributed by atoms with Crippen molar-refractivity contribution in [3.63, 3.8) is 0 Å². The normalized spacial score (nSPS) is 12.5. The van der Waals surface area contributed by atoms with E-state index in [-0.39, 0.29) is 31.1 Å². The average Bonchev–Trinajstić information content (AvgIpc) is 3.14. The third-order valence-corrected chi connectivity index (χ3v) is 10.7. The fraction of sp³-hybridized carbons (Fsp3) is 0.935. The molecule has 0 aliphatic rings. The van der Waals surface area contributed by atoms with Crippen molar-refractivity contribution in [2.24, 2.45) is 5.92 Å². The van der Waals surface area contributed by atoms with Gasteiger partial charge in [0.15, 0.2) is 6.10 Å². The number of carbonyl (C=O) groups excluding carboxylic acids is 3. The Kier molecular flexibility index (Phi) is 39.4. The summed E-state index contributed by atoms with van der Waals surface area (Å²) in [6.07, 6.45) is 39.5. The zero-order chi connectivity index (χ0) is 38.2. The van der Waals surface area contributed by atoms with E-state index in [0.717, 1.165) is 63.7 Å². The van der Waals surface area contributed by atoms with Crippen LogP contribution in [-0.4, -0.2) is 37.2 Å². The second kappa shape index (κ2) is 40.6. The number of carbonyl (C=O) groups is 3. The van der Waals surface area contributed by atoms with Crippen LogP contribution in [0.3, 0.4) is 0 Å². The molecule has 0 N–H and O–H groups in total. The molecule has 0 aliphatic heterocycles. The Bertz CT molecular complexity index is 783. The van der Waals surface area contributed by atoms with Gasteiger partial charge in [-0.3, -0.25) is 14.4 Å². The first-order valence-electron chi connectivity index (χ1n) is 22.9. The van der Waals surface area contributed by atoms with Crippen molar-refractivity contribution in [2.75, 3.05) is 13.2 Å². The third-order valence-electron chi connectivity index (χ3n) is 10.7. The smallest absolute Gasteiger partial charge is 0.306 e. The highest BCUT2D eigenvalue weighted by atomic mass is 16.6. The van der Waals surface area contributed by atoms with Gasteiger partial charge in [-0.05, 0) is 25.2 Å². The van der Waals surface area contributed by atoms with Gasteiger partial charge in [0, 0.05) is 19.3 Å². The van der Waals surface area contributed by atoms with Crippen molar-refractivity contribution in [3.05, 3.63) is 0 Å². The molecule has 0 saturated heterocycles. The van der Waals surface area contributed by atoms with Crippen LogP contribution in [0.4, 0.5) is 0 Å². The lowest BCUT2D eigenvalue weighted by molar-refractivity contribution is -0.167. The Labute approximate surface area is 323 Å². The van der Waals surface area contributed by atoms with Crippen LogP contribution in [-0.2, 0) is 28.6 Å². The van der Waals surface area contributed by atoms with Gasteiger partial charge in [-0.15, -0.1) is 0 Å². The van der Waals surface area contributed by atoms with Gasteiger partial charge in [0.25, 0.3) is 0 Å². The van der Waals surface area contributed by atoms with Crippen LogP contribution in [0.1, 0.15) is 252 Å². The predicted octanol–water partition coefficient (Wildman–Crippen LogP) is 14.3. The minimum absolute atomic E-state index is 0.0644. The van der Waals surface area contributed by atoms with Gasteiger partial charge in [-0.1, -0.05) is 214 Å². The first-order chi connectivity index (χ1) is 25.4. The third kappa shape index (κ3) is 38.1. The van der Waals surface area contributed by atoms with E-state index in [1.165, 1.54) is 148 Å². The molecule has 0 fully saturated rings. The Hall–Kier alpha value is -1.59. The van der Waals surface area contributed by atoms with E-state index in [2.05, 4.69) is 27.7 Å². The summed E-state index contributed by atoms with van der Waals surface area (Å²) >= 11 is 0. The van der Waals surface area contributed by atoms with Crippen LogP contribution < -0.4 is 0 Å². The van der Waals surface area contributed by atoms with Crippen molar-refractivity contribution in [1.29, 1.82) is 0 Å². The molecule has 0 aromatic heterocycles. The fourth-order valence-corrected chi connectivity index (χ4v) is 6.77. The molecule has 2 atom stereocenters. The molecule has 308 valence electrons. The monoisotopic (exact) mass is 737 g/mol. The Morgan fingerprint density at radius 1 is 0.385 bits per heavy atom. The van der Waals surface area contributed by atoms with Crippen molar-refractivity contribution >= 4 is 17.9 Å². The quantitative estimate of drug-likeness (QED) is 0.0353. The van der Waals surface area contributed by atoms with Crippen LogP contribution in [0.2, 0.25) is 0 Å². The van der Waals surface area contributed by atoms with Crippen molar-refractivity contribution in [3.8, 4) is 0 Å². The molecule has 1 unspecified atom stereocenters. The second-order valence-electron chi connectivity index (χ2n) is 15.9. The molecule has 0 heterocycles. The maximum Gasteiger partial charge on any atom is 0.306 e. The summed E-state index contributed by atoms with van der Waals surface area (Å²) in [6, 6.07) is 0. The number of ether oxygens (including phenoxy) is 3. The largest absolute Gasteiger partial charge is 0.462 e. The number of esters is 3. The molecule has 0 bridgehead atoms. The van der Waals surface area contributed by atoms with Gasteiger partial charge in [-0.25, -0.2) is 0 Å². The van der Waals surface area contributed by atoms with Crippen LogP contribution in [0.15, 0.2) is 0 Å². The summed E-state index contributed by atoms with van der Waals surface area (Å²) in [5.74, 6) is 0.0319. The fourth-order valence-electron chi connectivity index (χ4n) is 6.77. The number of hydrogen-bond acceptors (Lipinski definition) is 6. The van der Waals surface area contributed by atoms with E-state index in [1.54, 1.807) is 0 Å². The van der Waals surface area contributed by atoms with Crippen LogP contribution >= 0.6 is 0 Å². The molecular weight excluding hydrogens is 649 g/mol. The lowest BCUT2D eigenvalue weighted by Gasteiger charge is -2.18. The summed E-state index contributed by atoms with van der Waals surface area (Å²) < 4.78 is 16.6. The zero-order valence-electron chi connectivity index (χ0n) is 35.3. The highest BCUT2D eigenvalue weighted by molar-refractivity contribution is 5.71. The average molecular weight is 737 g/mol. The van der Waals surface area contributed by atoms with Gasteiger partial charge in [-0.2, -0.15) is 0 Å². The summed E-state index contributed by atoms with van der Waals surface area (Å²) in [5, 5.41) is 0. The first-order valence-corrected chi connectivity index (χ1v) is 22.9. The second-order valence-corrected chi connectivity index (χ2v) is 15.9. The number of unbranched alkanes of at least 4 members (excludes halogenated alkanes) is 27. The Balaban J connectivity index is 4.20. The maximum atomic E-state index is 12.7. The number of hydrogen-bond donors (Lipinski definition) is 0. The Morgan fingerprint density at radius 2 is 0.673 bits per heavy atom. The summed E-state index contributed by atoms with van der Waals surface area (Å²) in [7, 11) is 0. The highest BCUT2D eigenvalue weighted by Gasteiger charge is 2.19. The topological polar surface area (TPSA) is 78.9 Å². The van der Waals surface area contributed by atoms with E-state index in [9.17, 15) is 14.4 Å². The van der Waals surface area contributed by atoms with Gasteiger partial charge in [0.1, 0.15) is 13.2 Å². The zero-order valence-corrected chi connectivity index (χ0v) is 35.3. The van der Waals surface area contributed by atoms with Gasteiger partial charge >= 0.3 is 17.9 Å². The molecular formula is C46H88O6. The van der Waals surface area contributed by atoms with Crippen LogP contribution in [0.25, 0.3) is 0 Å².